The van der Waals surface area contributed by atoms with Gasteiger partial charge in [0.2, 0.25) is 0 Å². The molecule has 2 heterocycles. The molecule has 0 radical (unpaired) electrons. The van der Waals surface area contributed by atoms with E-state index in [2.05, 4.69) is 9.97 Å². The Morgan fingerprint density at radius 1 is 0.667 bits per heavy atom. The first-order valence-electron chi connectivity index (χ1n) is 3.79. The Bertz CT molecular complexity index is 319. The largest absolute Gasteiger partial charge is 2.00 e. The molecule has 0 atom stereocenters. The average molecular weight is 293 g/mol. The van der Waals surface area contributed by atoms with E-state index < -0.39 is 0 Å². The number of hydrogen-bond donors (Lipinski definition) is 0. The Hall–Kier alpha value is -1.16. The predicted octanol–water partition coefficient (Wildman–Crippen LogP) is 0.492. The van der Waals surface area contributed by atoms with Gasteiger partial charge in [-0.25, -0.2) is 0 Å². The number of pyridine rings is 2. The molecule has 0 saturated heterocycles. The van der Waals surface area contributed by atoms with Gasteiger partial charge < -0.3 is 11.0 Å². The van der Waals surface area contributed by atoms with Gasteiger partial charge in [-0.3, -0.25) is 9.97 Å². The first kappa shape index (κ1) is 16.3. The van der Waals surface area contributed by atoms with Crippen molar-refractivity contribution in [2.24, 2.45) is 0 Å². The van der Waals surface area contributed by atoms with Crippen LogP contribution in [0.1, 0.15) is 0 Å². The number of rotatable bonds is 1. The molecule has 2 aromatic heterocycles. The first-order chi connectivity index (χ1) is 5.97. The van der Waals surface area contributed by atoms with E-state index in [1.54, 1.807) is 12.4 Å². The second-order valence-corrected chi connectivity index (χ2v) is 2.43. The minimum Gasteiger partial charge on any atom is -0.412 e. The zero-order chi connectivity index (χ0) is 8.23. The van der Waals surface area contributed by atoms with Crippen molar-refractivity contribution in [2.75, 3.05) is 0 Å². The summed E-state index contributed by atoms with van der Waals surface area (Å²) in [5.41, 5.74) is 1.83. The average Bonchev–Trinajstić information content (AvgIpc) is 2.21. The van der Waals surface area contributed by atoms with E-state index in [1.807, 2.05) is 36.4 Å². The Balaban J connectivity index is 0. The maximum absolute atomic E-state index is 4.19. The Labute approximate surface area is 101 Å². The van der Waals surface area contributed by atoms with E-state index in [1.165, 1.54) is 0 Å². The van der Waals surface area contributed by atoms with E-state index in [-0.39, 0.29) is 30.4 Å². The molecule has 0 amide bonds. The molecule has 0 aromatic carbocycles. The van der Waals surface area contributed by atoms with Crippen LogP contribution in [0.15, 0.2) is 48.8 Å². The summed E-state index contributed by atoms with van der Waals surface area (Å²) in [6.45, 7) is 0. The van der Waals surface area contributed by atoms with Crippen molar-refractivity contribution in [1.82, 2.24) is 9.97 Å². The van der Waals surface area contributed by atoms with Crippen molar-refractivity contribution in [2.45, 2.75) is 0 Å². The molecule has 4 N–H and O–H groups in total. The molecule has 2 aromatic rings. The summed E-state index contributed by atoms with van der Waals surface area (Å²) in [7, 11) is 0. The molecule has 4 nitrogen and oxygen atoms in total. The summed E-state index contributed by atoms with van der Waals surface area (Å²) in [5.74, 6) is 0. The van der Waals surface area contributed by atoms with Gasteiger partial charge in [0, 0.05) is 12.4 Å². The van der Waals surface area contributed by atoms with Crippen LogP contribution >= 0.6 is 0 Å². The van der Waals surface area contributed by atoms with Gasteiger partial charge in [0.15, 0.2) is 0 Å². The molecule has 0 spiro atoms. The molecule has 0 bridgehead atoms. The Morgan fingerprint density at radius 3 is 1.33 bits per heavy atom. The minimum absolute atomic E-state index is 0. The van der Waals surface area contributed by atoms with Crippen molar-refractivity contribution in [3.8, 4) is 11.4 Å². The molecule has 0 aliphatic heterocycles. The van der Waals surface area contributed by atoms with Crippen molar-refractivity contribution in [3.05, 3.63) is 48.8 Å². The van der Waals surface area contributed by atoms with Gasteiger partial charge >= 0.3 is 19.5 Å². The fourth-order valence-corrected chi connectivity index (χ4v) is 1.03. The molecule has 0 unspecified atom stereocenters. The molecular weight excluding hydrogens is 281 g/mol. The summed E-state index contributed by atoms with van der Waals surface area (Å²) in [4.78, 5) is 8.37. The molecular formula is C10H12N2O2Ru+2. The van der Waals surface area contributed by atoms with Crippen LogP contribution in [0, 0.1) is 0 Å². The fourth-order valence-electron chi connectivity index (χ4n) is 1.03. The fraction of sp³-hybridized carbons (Fsp3) is 0. The van der Waals surface area contributed by atoms with Gasteiger partial charge in [0.1, 0.15) is 0 Å². The maximum Gasteiger partial charge on any atom is 2.00 e. The summed E-state index contributed by atoms with van der Waals surface area (Å²) in [6, 6.07) is 11.6. The van der Waals surface area contributed by atoms with Gasteiger partial charge in [-0.1, -0.05) is 12.1 Å². The van der Waals surface area contributed by atoms with Crippen molar-refractivity contribution >= 4 is 0 Å². The number of nitrogens with zero attached hydrogens (tertiary/aromatic N) is 2. The van der Waals surface area contributed by atoms with Crippen LogP contribution in [-0.4, -0.2) is 20.9 Å². The topological polar surface area (TPSA) is 88.8 Å². The van der Waals surface area contributed by atoms with Gasteiger partial charge in [0.05, 0.1) is 11.4 Å². The van der Waals surface area contributed by atoms with Crippen molar-refractivity contribution < 1.29 is 30.4 Å². The van der Waals surface area contributed by atoms with E-state index in [4.69, 9.17) is 0 Å². The van der Waals surface area contributed by atoms with Gasteiger partial charge in [-0.15, -0.1) is 0 Å². The van der Waals surface area contributed by atoms with Crippen LogP contribution < -0.4 is 0 Å². The Morgan fingerprint density at radius 2 is 1.07 bits per heavy atom. The first-order valence-corrected chi connectivity index (χ1v) is 3.79. The van der Waals surface area contributed by atoms with E-state index in [0.717, 1.165) is 11.4 Å². The summed E-state index contributed by atoms with van der Waals surface area (Å²) >= 11 is 0. The quantitative estimate of drug-likeness (QED) is 0.716. The molecule has 0 fully saturated rings. The van der Waals surface area contributed by atoms with Gasteiger partial charge in [0.25, 0.3) is 0 Å². The smallest absolute Gasteiger partial charge is 0.412 e. The van der Waals surface area contributed by atoms with E-state index in [9.17, 15) is 0 Å². The molecule has 0 aliphatic carbocycles. The second kappa shape index (κ2) is 8.18. The zero-order valence-corrected chi connectivity index (χ0v) is 9.60. The van der Waals surface area contributed by atoms with E-state index in [0.29, 0.717) is 0 Å². The number of aromatic nitrogens is 2. The molecule has 15 heavy (non-hydrogen) atoms. The van der Waals surface area contributed by atoms with E-state index >= 15 is 0 Å². The second-order valence-electron chi connectivity index (χ2n) is 2.43. The normalized spacial score (nSPS) is 7.73. The molecule has 80 valence electrons. The Kier molecular flexibility index (Phi) is 8.87. The van der Waals surface area contributed by atoms with Crippen LogP contribution in [0.4, 0.5) is 0 Å². The SMILES string of the molecule is O.O.[Ru+2].c1ccc(-c2ccccn2)nc1. The summed E-state index contributed by atoms with van der Waals surface area (Å²) < 4.78 is 0. The zero-order valence-electron chi connectivity index (χ0n) is 7.87. The third-order valence-electron chi connectivity index (χ3n) is 1.59. The summed E-state index contributed by atoms with van der Waals surface area (Å²) in [6.07, 6.45) is 3.54. The third kappa shape index (κ3) is 4.25. The number of hydrogen-bond acceptors (Lipinski definition) is 2. The molecule has 2 rings (SSSR count). The van der Waals surface area contributed by atoms with Crippen LogP contribution in [0.25, 0.3) is 11.4 Å². The molecule has 0 saturated carbocycles. The van der Waals surface area contributed by atoms with Crippen molar-refractivity contribution in [3.63, 3.8) is 0 Å². The van der Waals surface area contributed by atoms with Crippen LogP contribution in [0.3, 0.4) is 0 Å². The van der Waals surface area contributed by atoms with Crippen LogP contribution in [0.2, 0.25) is 0 Å². The molecule has 0 aliphatic rings. The molecule has 5 heteroatoms. The third-order valence-corrected chi connectivity index (χ3v) is 1.59. The minimum atomic E-state index is 0. The monoisotopic (exact) mass is 294 g/mol. The van der Waals surface area contributed by atoms with Crippen LogP contribution in [-0.2, 0) is 19.5 Å². The van der Waals surface area contributed by atoms with Crippen LogP contribution in [0.5, 0.6) is 0 Å². The van der Waals surface area contributed by atoms with Gasteiger partial charge in [-0.2, -0.15) is 0 Å². The van der Waals surface area contributed by atoms with Gasteiger partial charge in [-0.05, 0) is 24.3 Å². The van der Waals surface area contributed by atoms with Crippen molar-refractivity contribution in [1.29, 1.82) is 0 Å². The standard InChI is InChI=1S/C10H8N2.2H2O.Ru/c1-3-7-11-9(5-1)10-6-2-4-8-12-10;;;/h1-8H;2*1H2;/q;;;+2. The predicted molar refractivity (Wildman–Crippen MR) is 54.7 cm³/mol. The maximum atomic E-state index is 4.19. The summed E-state index contributed by atoms with van der Waals surface area (Å²) in [5, 5.41) is 0.